The first-order valence-corrected chi connectivity index (χ1v) is 6.18. The van der Waals surface area contributed by atoms with Gasteiger partial charge in [0.1, 0.15) is 6.04 Å². The molecule has 2 rings (SSSR count). The van der Waals surface area contributed by atoms with E-state index in [9.17, 15) is 4.79 Å². The van der Waals surface area contributed by atoms with Gasteiger partial charge in [0.25, 0.3) is 0 Å². The molecule has 6 heteroatoms. The summed E-state index contributed by atoms with van der Waals surface area (Å²) in [5, 5.41) is 13.5. The van der Waals surface area contributed by atoms with Crippen LogP contribution in [0.3, 0.4) is 0 Å². The van der Waals surface area contributed by atoms with Gasteiger partial charge >= 0.3 is 5.97 Å². The van der Waals surface area contributed by atoms with Crippen molar-refractivity contribution in [2.24, 2.45) is 7.05 Å². The lowest BCUT2D eigenvalue weighted by atomic mass is 10.2. The zero-order valence-electron chi connectivity index (χ0n) is 10.8. The van der Waals surface area contributed by atoms with Crippen molar-refractivity contribution in [1.82, 2.24) is 14.7 Å². The molecule has 1 N–H and O–H groups in total. The topological polar surface area (TPSA) is 67.6 Å². The minimum atomic E-state index is -0.826. The molecule has 0 spiro atoms. The fourth-order valence-corrected chi connectivity index (χ4v) is 2.16. The molecule has 1 unspecified atom stereocenters. The van der Waals surface area contributed by atoms with E-state index in [0.717, 1.165) is 17.8 Å². The van der Waals surface area contributed by atoms with Gasteiger partial charge in [0.15, 0.2) is 0 Å². The first-order chi connectivity index (χ1) is 8.61. The maximum atomic E-state index is 11.2. The van der Waals surface area contributed by atoms with Crippen LogP contribution >= 0.6 is 0 Å². The summed E-state index contributed by atoms with van der Waals surface area (Å²) < 4.78 is 7.05. The van der Waals surface area contributed by atoms with Gasteiger partial charge in [-0.3, -0.25) is 14.4 Å². The molecule has 100 valence electrons. The maximum absolute atomic E-state index is 11.2. The Labute approximate surface area is 106 Å². The number of morpholine rings is 1. The number of ether oxygens (including phenoxy) is 1. The first kappa shape index (κ1) is 13.0. The fraction of sp³-hybridized carbons (Fsp3) is 0.667. The second kappa shape index (κ2) is 5.49. The van der Waals surface area contributed by atoms with Crippen LogP contribution in [0.5, 0.6) is 0 Å². The number of rotatable bonds is 4. The van der Waals surface area contributed by atoms with E-state index in [1.165, 1.54) is 0 Å². The third-order valence-electron chi connectivity index (χ3n) is 3.28. The van der Waals surface area contributed by atoms with Gasteiger partial charge in [-0.1, -0.05) is 6.92 Å². The summed E-state index contributed by atoms with van der Waals surface area (Å²) in [6.07, 6.45) is 0.888. The van der Waals surface area contributed by atoms with Gasteiger partial charge in [0.2, 0.25) is 0 Å². The Morgan fingerprint density at radius 3 is 3.06 bits per heavy atom. The molecule has 6 nitrogen and oxygen atoms in total. The zero-order valence-corrected chi connectivity index (χ0v) is 10.8. The van der Waals surface area contributed by atoms with E-state index in [1.807, 2.05) is 22.7 Å². The van der Waals surface area contributed by atoms with E-state index in [4.69, 9.17) is 9.84 Å². The van der Waals surface area contributed by atoms with Gasteiger partial charge in [0.05, 0.1) is 24.6 Å². The average Bonchev–Trinajstić information content (AvgIpc) is 2.71. The number of carbonyl (C=O) groups is 1. The molecule has 1 aromatic heterocycles. The molecule has 0 aromatic carbocycles. The Hall–Kier alpha value is -1.40. The quantitative estimate of drug-likeness (QED) is 0.834. The van der Waals surface area contributed by atoms with Crippen LogP contribution in [0.2, 0.25) is 0 Å². The van der Waals surface area contributed by atoms with Crippen molar-refractivity contribution in [2.45, 2.75) is 25.9 Å². The zero-order chi connectivity index (χ0) is 13.1. The lowest BCUT2D eigenvalue weighted by Gasteiger charge is -2.32. The van der Waals surface area contributed by atoms with Crippen molar-refractivity contribution in [3.05, 3.63) is 17.5 Å². The van der Waals surface area contributed by atoms with Crippen LogP contribution in [0.25, 0.3) is 0 Å². The van der Waals surface area contributed by atoms with Gasteiger partial charge in [-0.15, -0.1) is 0 Å². The molecule has 0 amide bonds. The maximum Gasteiger partial charge on any atom is 0.323 e. The SMILES string of the molecule is CCc1cc(CN2CCOCC2C(=O)O)n(C)n1. The van der Waals surface area contributed by atoms with E-state index in [1.54, 1.807) is 0 Å². The molecule has 0 aliphatic carbocycles. The summed E-state index contributed by atoms with van der Waals surface area (Å²) in [5.41, 5.74) is 2.08. The van der Waals surface area contributed by atoms with E-state index in [0.29, 0.717) is 19.7 Å². The van der Waals surface area contributed by atoms with Crippen LogP contribution in [0.4, 0.5) is 0 Å². The number of aromatic nitrogens is 2. The van der Waals surface area contributed by atoms with Gasteiger partial charge in [-0.05, 0) is 12.5 Å². The molecular weight excluding hydrogens is 234 g/mol. The first-order valence-electron chi connectivity index (χ1n) is 6.18. The predicted octanol–water partition coefficient (Wildman–Crippen LogP) is 0.268. The van der Waals surface area contributed by atoms with Gasteiger partial charge in [-0.2, -0.15) is 5.10 Å². The average molecular weight is 253 g/mol. The molecular formula is C12H19N3O3. The molecule has 1 fully saturated rings. The summed E-state index contributed by atoms with van der Waals surface area (Å²) in [5.74, 6) is -0.826. The Balaban J connectivity index is 2.10. The third kappa shape index (κ3) is 2.70. The monoisotopic (exact) mass is 253 g/mol. The Morgan fingerprint density at radius 2 is 2.44 bits per heavy atom. The number of hydrogen-bond donors (Lipinski definition) is 1. The summed E-state index contributed by atoms with van der Waals surface area (Å²) in [6, 6.07) is 1.48. The van der Waals surface area contributed by atoms with Crippen LogP contribution in [-0.2, 0) is 29.5 Å². The van der Waals surface area contributed by atoms with E-state index < -0.39 is 12.0 Å². The fourth-order valence-electron chi connectivity index (χ4n) is 2.16. The van der Waals surface area contributed by atoms with Crippen molar-refractivity contribution >= 4 is 5.97 Å². The van der Waals surface area contributed by atoms with Crippen molar-refractivity contribution in [3.8, 4) is 0 Å². The highest BCUT2D eigenvalue weighted by atomic mass is 16.5. The largest absolute Gasteiger partial charge is 0.480 e. The smallest absolute Gasteiger partial charge is 0.323 e. The van der Waals surface area contributed by atoms with Crippen molar-refractivity contribution in [3.63, 3.8) is 0 Å². The number of carboxylic acid groups (broad SMARTS) is 1. The second-order valence-electron chi connectivity index (χ2n) is 4.50. The lowest BCUT2D eigenvalue weighted by Crippen LogP contribution is -2.49. The van der Waals surface area contributed by atoms with Crippen LogP contribution in [0.1, 0.15) is 18.3 Å². The molecule has 1 aliphatic heterocycles. The van der Waals surface area contributed by atoms with Gasteiger partial charge < -0.3 is 9.84 Å². The highest BCUT2D eigenvalue weighted by molar-refractivity contribution is 5.73. The summed E-state index contributed by atoms with van der Waals surface area (Å²) in [4.78, 5) is 13.1. The number of hydrogen-bond acceptors (Lipinski definition) is 4. The molecule has 0 saturated carbocycles. The van der Waals surface area contributed by atoms with E-state index in [2.05, 4.69) is 12.0 Å². The minimum Gasteiger partial charge on any atom is -0.480 e. The predicted molar refractivity (Wildman–Crippen MR) is 65.2 cm³/mol. The highest BCUT2D eigenvalue weighted by Gasteiger charge is 2.29. The van der Waals surface area contributed by atoms with Crippen LogP contribution in [0.15, 0.2) is 6.07 Å². The Kier molecular flexibility index (Phi) is 3.98. The van der Waals surface area contributed by atoms with Crippen molar-refractivity contribution in [2.75, 3.05) is 19.8 Å². The molecule has 0 radical (unpaired) electrons. The molecule has 1 atom stereocenters. The van der Waals surface area contributed by atoms with Gasteiger partial charge in [-0.25, -0.2) is 0 Å². The van der Waals surface area contributed by atoms with Gasteiger partial charge in [0, 0.05) is 20.1 Å². The number of aryl methyl sites for hydroxylation is 2. The van der Waals surface area contributed by atoms with Crippen molar-refractivity contribution in [1.29, 1.82) is 0 Å². The lowest BCUT2D eigenvalue weighted by molar-refractivity contribution is -0.150. The molecule has 1 aromatic rings. The molecule has 0 bridgehead atoms. The standard InChI is InChI=1S/C12H19N3O3/c1-3-9-6-10(14(2)13-9)7-15-4-5-18-8-11(15)12(16)17/h6,11H,3-5,7-8H2,1-2H3,(H,16,17). The summed E-state index contributed by atoms with van der Waals surface area (Å²) in [6.45, 7) is 4.14. The number of nitrogens with zero attached hydrogens (tertiary/aromatic N) is 3. The summed E-state index contributed by atoms with van der Waals surface area (Å²) in [7, 11) is 1.89. The third-order valence-corrected chi connectivity index (χ3v) is 3.28. The van der Waals surface area contributed by atoms with Crippen LogP contribution in [-0.4, -0.2) is 51.6 Å². The number of aliphatic carboxylic acids is 1. The Morgan fingerprint density at radius 1 is 1.67 bits per heavy atom. The molecule has 1 saturated heterocycles. The van der Waals surface area contributed by atoms with E-state index >= 15 is 0 Å². The molecule has 2 heterocycles. The molecule has 18 heavy (non-hydrogen) atoms. The van der Waals surface area contributed by atoms with Crippen molar-refractivity contribution < 1.29 is 14.6 Å². The van der Waals surface area contributed by atoms with Crippen LogP contribution < -0.4 is 0 Å². The van der Waals surface area contributed by atoms with Crippen LogP contribution in [0, 0.1) is 0 Å². The number of carboxylic acids is 1. The molecule has 1 aliphatic rings. The van der Waals surface area contributed by atoms with E-state index in [-0.39, 0.29) is 6.61 Å². The Bertz CT molecular complexity index is 430. The minimum absolute atomic E-state index is 0.258. The normalized spacial score (nSPS) is 21.1. The summed E-state index contributed by atoms with van der Waals surface area (Å²) >= 11 is 0. The second-order valence-corrected chi connectivity index (χ2v) is 4.50. The highest BCUT2D eigenvalue weighted by Crippen LogP contribution is 2.13.